The second-order valence-corrected chi connectivity index (χ2v) is 5.68. The molecule has 0 radical (unpaired) electrons. The van der Waals surface area contributed by atoms with Gasteiger partial charge < -0.3 is 15.0 Å². The van der Waals surface area contributed by atoms with Crippen LogP contribution in [-0.4, -0.2) is 27.7 Å². The van der Waals surface area contributed by atoms with Gasteiger partial charge in [0.1, 0.15) is 5.69 Å². The van der Waals surface area contributed by atoms with E-state index in [1.54, 1.807) is 0 Å². The highest BCUT2D eigenvalue weighted by molar-refractivity contribution is 9.10. The van der Waals surface area contributed by atoms with Gasteiger partial charge in [0, 0.05) is 17.2 Å². The first-order valence-corrected chi connectivity index (χ1v) is 7.25. The number of aryl methyl sites for hydroxylation is 1. The van der Waals surface area contributed by atoms with Crippen molar-refractivity contribution in [1.29, 1.82) is 0 Å². The number of carbonyl (C=O) groups excluding carboxylic acids is 1. The van der Waals surface area contributed by atoms with E-state index in [0.29, 0.717) is 5.69 Å². The molecule has 0 aliphatic heterocycles. The number of rotatable bonds is 3. The van der Waals surface area contributed by atoms with Gasteiger partial charge in [-0.05, 0) is 41.8 Å². The number of aromatic nitrogens is 1. The van der Waals surface area contributed by atoms with Crippen molar-refractivity contribution in [3.8, 4) is 0 Å². The van der Waals surface area contributed by atoms with E-state index in [0.717, 1.165) is 36.7 Å². The molecular weight excluding hydrogens is 296 g/mol. The topological polar surface area (TPSA) is 54.3 Å². The average molecular weight is 315 g/mol. The van der Waals surface area contributed by atoms with Crippen LogP contribution in [0, 0.1) is 0 Å². The van der Waals surface area contributed by atoms with E-state index in [-0.39, 0.29) is 11.9 Å². The number of amides is 1. The zero-order chi connectivity index (χ0) is 13.1. The molecule has 18 heavy (non-hydrogen) atoms. The molecule has 2 unspecified atom stereocenters. The van der Waals surface area contributed by atoms with Gasteiger partial charge in [0.05, 0.1) is 12.1 Å². The lowest BCUT2D eigenvalue weighted by Crippen LogP contribution is -2.45. The number of aliphatic hydroxyl groups excluding tert-OH is 1. The number of aliphatic hydroxyl groups is 1. The predicted octanol–water partition coefficient (Wildman–Crippen LogP) is 2.30. The first kappa shape index (κ1) is 13.6. The molecule has 2 rings (SSSR count). The summed E-state index contributed by atoms with van der Waals surface area (Å²) in [5.74, 6) is -0.103. The summed E-state index contributed by atoms with van der Waals surface area (Å²) in [6, 6.07) is 1.71. The minimum atomic E-state index is -0.406. The van der Waals surface area contributed by atoms with E-state index in [9.17, 15) is 9.90 Å². The summed E-state index contributed by atoms with van der Waals surface area (Å²) in [4.78, 5) is 12.2. The van der Waals surface area contributed by atoms with E-state index < -0.39 is 6.10 Å². The third kappa shape index (κ3) is 2.95. The molecule has 1 aromatic rings. The second kappa shape index (κ2) is 5.89. The van der Waals surface area contributed by atoms with Crippen LogP contribution in [-0.2, 0) is 6.54 Å². The first-order valence-electron chi connectivity index (χ1n) is 6.46. The highest BCUT2D eigenvalue weighted by atomic mass is 79.9. The van der Waals surface area contributed by atoms with Crippen molar-refractivity contribution < 1.29 is 9.90 Å². The summed E-state index contributed by atoms with van der Waals surface area (Å²) in [6.07, 6.45) is 5.25. The molecule has 2 atom stereocenters. The van der Waals surface area contributed by atoms with E-state index >= 15 is 0 Å². The molecule has 1 aliphatic carbocycles. The van der Waals surface area contributed by atoms with Gasteiger partial charge in [-0.1, -0.05) is 12.8 Å². The Hall–Kier alpha value is -0.810. The van der Waals surface area contributed by atoms with Crippen LogP contribution in [0.25, 0.3) is 0 Å². The van der Waals surface area contributed by atoms with Gasteiger partial charge in [0.15, 0.2) is 0 Å². The normalized spacial score (nSPS) is 23.9. The summed E-state index contributed by atoms with van der Waals surface area (Å²) in [5.41, 5.74) is 0.641. The van der Waals surface area contributed by atoms with Gasteiger partial charge in [-0.3, -0.25) is 4.79 Å². The van der Waals surface area contributed by atoms with Gasteiger partial charge in [0.25, 0.3) is 5.91 Å². The molecule has 1 saturated carbocycles. The minimum Gasteiger partial charge on any atom is -0.391 e. The fourth-order valence-corrected chi connectivity index (χ4v) is 2.91. The molecule has 1 heterocycles. The summed E-state index contributed by atoms with van der Waals surface area (Å²) in [7, 11) is 0. The van der Waals surface area contributed by atoms with E-state index in [1.165, 1.54) is 0 Å². The lowest BCUT2D eigenvalue weighted by Gasteiger charge is -2.28. The molecule has 1 aliphatic rings. The Morgan fingerprint density at radius 2 is 2.28 bits per heavy atom. The number of nitrogens with one attached hydrogen (secondary N) is 1. The molecule has 100 valence electrons. The quantitative estimate of drug-likeness (QED) is 0.899. The molecule has 1 aromatic heterocycles. The predicted molar refractivity (Wildman–Crippen MR) is 73.5 cm³/mol. The van der Waals surface area contributed by atoms with Crippen LogP contribution in [0.4, 0.5) is 0 Å². The van der Waals surface area contributed by atoms with Gasteiger partial charge in [-0.15, -0.1) is 0 Å². The monoisotopic (exact) mass is 314 g/mol. The first-order chi connectivity index (χ1) is 8.61. The Morgan fingerprint density at radius 3 is 2.94 bits per heavy atom. The second-order valence-electron chi connectivity index (χ2n) is 4.76. The molecule has 0 bridgehead atoms. The zero-order valence-corrected chi connectivity index (χ0v) is 12.1. The van der Waals surface area contributed by atoms with Crippen molar-refractivity contribution in [2.75, 3.05) is 0 Å². The van der Waals surface area contributed by atoms with Crippen molar-refractivity contribution in [3.63, 3.8) is 0 Å². The molecule has 0 spiro atoms. The summed E-state index contributed by atoms with van der Waals surface area (Å²) in [6.45, 7) is 2.75. The van der Waals surface area contributed by atoms with Gasteiger partial charge >= 0.3 is 0 Å². The van der Waals surface area contributed by atoms with Crippen molar-refractivity contribution in [2.45, 2.75) is 51.3 Å². The lowest BCUT2D eigenvalue weighted by molar-refractivity contribution is 0.0711. The van der Waals surface area contributed by atoms with Crippen LogP contribution in [0.15, 0.2) is 16.7 Å². The van der Waals surface area contributed by atoms with Crippen LogP contribution in [0.1, 0.15) is 43.1 Å². The Kier molecular flexibility index (Phi) is 4.45. The van der Waals surface area contributed by atoms with Crippen molar-refractivity contribution in [3.05, 3.63) is 22.4 Å². The van der Waals surface area contributed by atoms with Crippen molar-refractivity contribution in [1.82, 2.24) is 9.88 Å². The third-order valence-corrected chi connectivity index (χ3v) is 3.92. The maximum absolute atomic E-state index is 12.2. The van der Waals surface area contributed by atoms with Crippen LogP contribution >= 0.6 is 15.9 Å². The molecule has 5 heteroatoms. The van der Waals surface area contributed by atoms with Crippen LogP contribution in [0.5, 0.6) is 0 Å². The van der Waals surface area contributed by atoms with E-state index in [4.69, 9.17) is 0 Å². The SMILES string of the molecule is CCn1cc(Br)cc1C(=O)NC1CCCCC1O. The van der Waals surface area contributed by atoms with Gasteiger partial charge in [-0.2, -0.15) is 0 Å². The van der Waals surface area contributed by atoms with E-state index in [2.05, 4.69) is 21.2 Å². The number of halogens is 1. The number of nitrogens with zero attached hydrogens (tertiary/aromatic N) is 1. The maximum Gasteiger partial charge on any atom is 0.268 e. The Balaban J connectivity index is 2.06. The van der Waals surface area contributed by atoms with Crippen molar-refractivity contribution in [2.24, 2.45) is 0 Å². The minimum absolute atomic E-state index is 0.103. The van der Waals surface area contributed by atoms with Crippen LogP contribution in [0.2, 0.25) is 0 Å². The molecule has 2 N–H and O–H groups in total. The Labute approximate surface area is 116 Å². The molecule has 0 saturated heterocycles. The third-order valence-electron chi connectivity index (χ3n) is 3.48. The molecule has 1 amide bonds. The number of carbonyl (C=O) groups is 1. The standard InChI is InChI=1S/C13H19BrN2O2/c1-2-16-8-9(14)7-11(16)13(18)15-10-5-3-4-6-12(10)17/h7-8,10,12,17H,2-6H2,1H3,(H,15,18). The average Bonchev–Trinajstić information content (AvgIpc) is 2.73. The van der Waals surface area contributed by atoms with Crippen LogP contribution in [0.3, 0.4) is 0 Å². The maximum atomic E-state index is 12.2. The summed E-state index contributed by atoms with van der Waals surface area (Å²) >= 11 is 3.38. The highest BCUT2D eigenvalue weighted by Gasteiger charge is 2.25. The van der Waals surface area contributed by atoms with Gasteiger partial charge in [-0.25, -0.2) is 0 Å². The zero-order valence-electron chi connectivity index (χ0n) is 10.5. The smallest absolute Gasteiger partial charge is 0.268 e. The Morgan fingerprint density at radius 1 is 1.56 bits per heavy atom. The summed E-state index contributed by atoms with van der Waals surface area (Å²) in [5, 5.41) is 12.8. The van der Waals surface area contributed by atoms with Gasteiger partial charge in [0.2, 0.25) is 0 Å². The Bertz CT molecular complexity index is 431. The van der Waals surface area contributed by atoms with Crippen LogP contribution < -0.4 is 5.32 Å². The lowest BCUT2D eigenvalue weighted by atomic mass is 9.92. The molecular formula is C13H19BrN2O2. The molecule has 1 fully saturated rings. The number of hydrogen-bond donors (Lipinski definition) is 2. The highest BCUT2D eigenvalue weighted by Crippen LogP contribution is 2.20. The molecule has 0 aromatic carbocycles. The van der Waals surface area contributed by atoms with E-state index in [1.807, 2.05) is 23.8 Å². The number of hydrogen-bond acceptors (Lipinski definition) is 2. The molecule has 4 nitrogen and oxygen atoms in total. The summed E-state index contributed by atoms with van der Waals surface area (Å²) < 4.78 is 2.80. The fourth-order valence-electron chi connectivity index (χ4n) is 2.45. The van der Waals surface area contributed by atoms with Crippen molar-refractivity contribution >= 4 is 21.8 Å². The largest absolute Gasteiger partial charge is 0.391 e. The fraction of sp³-hybridized carbons (Fsp3) is 0.615.